The van der Waals surface area contributed by atoms with Crippen molar-refractivity contribution in [2.75, 3.05) is 11.9 Å². The number of benzene rings is 2. The summed E-state index contributed by atoms with van der Waals surface area (Å²) in [5, 5.41) is 4.43. The van der Waals surface area contributed by atoms with Crippen LogP contribution in [0.25, 0.3) is 0 Å². The minimum atomic E-state index is 0.871. The van der Waals surface area contributed by atoms with E-state index in [0.717, 1.165) is 24.4 Å². The first-order chi connectivity index (χ1) is 9.58. The highest BCUT2D eigenvalue weighted by Gasteiger charge is 2.03. The molecular formula is C18H22ClN. The summed E-state index contributed by atoms with van der Waals surface area (Å²) in [5.41, 5.74) is 6.46. The molecule has 106 valence electrons. The maximum Gasteiger partial charge on any atom is 0.0437 e. The van der Waals surface area contributed by atoms with Crippen molar-refractivity contribution < 1.29 is 0 Å². The molecule has 0 heterocycles. The van der Waals surface area contributed by atoms with Crippen LogP contribution in [-0.4, -0.2) is 6.54 Å². The number of nitrogens with one attached hydrogen (secondary N) is 1. The van der Waals surface area contributed by atoms with Crippen molar-refractivity contribution in [2.24, 2.45) is 0 Å². The fraction of sp³-hybridized carbons (Fsp3) is 0.333. The molecule has 0 aliphatic heterocycles. The fourth-order valence-electron chi connectivity index (χ4n) is 2.65. The Balaban J connectivity index is 1.90. The second-order valence-electron chi connectivity index (χ2n) is 5.40. The van der Waals surface area contributed by atoms with E-state index in [-0.39, 0.29) is 0 Å². The molecule has 0 fully saturated rings. The normalized spacial score (nSPS) is 10.6. The molecule has 0 saturated carbocycles. The Morgan fingerprint density at radius 3 is 2.30 bits per heavy atom. The molecule has 2 aromatic carbocycles. The third-order valence-corrected chi connectivity index (χ3v) is 3.93. The van der Waals surface area contributed by atoms with Crippen LogP contribution in [0.1, 0.15) is 28.7 Å². The van der Waals surface area contributed by atoms with Gasteiger partial charge in [0, 0.05) is 17.3 Å². The molecule has 0 aliphatic rings. The molecule has 0 spiro atoms. The van der Waals surface area contributed by atoms with Gasteiger partial charge in [-0.25, -0.2) is 0 Å². The van der Waals surface area contributed by atoms with Crippen molar-refractivity contribution >= 4 is 17.3 Å². The molecule has 0 saturated heterocycles. The summed E-state index contributed by atoms with van der Waals surface area (Å²) in [4.78, 5) is 0. The number of halogens is 1. The predicted octanol–water partition coefficient (Wildman–Crippen LogP) is 5.31. The molecule has 0 unspecified atom stereocenters. The molecule has 0 atom stereocenters. The minimum absolute atomic E-state index is 0.871. The SMILES string of the molecule is Cc1cc(C)c(NCCCc2ccccc2Cl)c(C)c1. The van der Waals surface area contributed by atoms with Crippen LogP contribution in [0, 0.1) is 20.8 Å². The highest BCUT2D eigenvalue weighted by molar-refractivity contribution is 6.31. The summed E-state index contributed by atoms with van der Waals surface area (Å²) in [6.07, 6.45) is 2.09. The molecule has 0 amide bonds. The number of rotatable bonds is 5. The van der Waals surface area contributed by atoms with Gasteiger partial charge in [-0.2, -0.15) is 0 Å². The highest BCUT2D eigenvalue weighted by atomic mass is 35.5. The monoisotopic (exact) mass is 287 g/mol. The molecule has 1 nitrogen and oxygen atoms in total. The van der Waals surface area contributed by atoms with Crippen LogP contribution in [0.2, 0.25) is 5.02 Å². The van der Waals surface area contributed by atoms with Crippen LogP contribution in [0.5, 0.6) is 0 Å². The van der Waals surface area contributed by atoms with E-state index in [0.29, 0.717) is 0 Å². The van der Waals surface area contributed by atoms with Crippen LogP contribution in [0.15, 0.2) is 36.4 Å². The molecule has 0 aromatic heterocycles. The van der Waals surface area contributed by atoms with Crippen molar-refractivity contribution in [3.63, 3.8) is 0 Å². The van der Waals surface area contributed by atoms with E-state index in [1.54, 1.807) is 0 Å². The maximum absolute atomic E-state index is 6.17. The van der Waals surface area contributed by atoms with E-state index < -0.39 is 0 Å². The molecule has 2 heteroatoms. The van der Waals surface area contributed by atoms with E-state index in [1.165, 1.54) is 27.9 Å². The Bertz CT molecular complexity index is 567. The summed E-state index contributed by atoms with van der Waals surface area (Å²) < 4.78 is 0. The summed E-state index contributed by atoms with van der Waals surface area (Å²) in [6, 6.07) is 12.5. The van der Waals surface area contributed by atoms with E-state index in [9.17, 15) is 0 Å². The lowest BCUT2D eigenvalue weighted by Crippen LogP contribution is -2.06. The molecular weight excluding hydrogens is 266 g/mol. The first-order valence-electron chi connectivity index (χ1n) is 7.13. The second-order valence-corrected chi connectivity index (χ2v) is 5.80. The number of hydrogen-bond donors (Lipinski definition) is 1. The van der Waals surface area contributed by atoms with Crippen LogP contribution in [-0.2, 0) is 6.42 Å². The zero-order valence-corrected chi connectivity index (χ0v) is 13.2. The first-order valence-corrected chi connectivity index (χ1v) is 7.51. The van der Waals surface area contributed by atoms with Gasteiger partial charge in [0.15, 0.2) is 0 Å². The zero-order valence-electron chi connectivity index (χ0n) is 12.5. The molecule has 2 rings (SSSR count). The fourth-order valence-corrected chi connectivity index (χ4v) is 2.88. The van der Waals surface area contributed by atoms with E-state index >= 15 is 0 Å². The van der Waals surface area contributed by atoms with Gasteiger partial charge in [0.2, 0.25) is 0 Å². The average Bonchev–Trinajstić information content (AvgIpc) is 2.38. The number of anilines is 1. The topological polar surface area (TPSA) is 12.0 Å². The first kappa shape index (κ1) is 14.9. The molecule has 1 N–H and O–H groups in total. The quantitative estimate of drug-likeness (QED) is 0.735. The average molecular weight is 288 g/mol. The summed E-state index contributed by atoms with van der Waals surface area (Å²) in [6.45, 7) is 7.43. The Kier molecular flexibility index (Phi) is 5.08. The molecule has 0 aliphatic carbocycles. The summed E-state index contributed by atoms with van der Waals surface area (Å²) in [5.74, 6) is 0. The lowest BCUT2D eigenvalue weighted by atomic mass is 10.0. The van der Waals surface area contributed by atoms with Crippen molar-refractivity contribution in [1.29, 1.82) is 0 Å². The maximum atomic E-state index is 6.17. The molecule has 20 heavy (non-hydrogen) atoms. The lowest BCUT2D eigenvalue weighted by Gasteiger charge is -2.14. The smallest absolute Gasteiger partial charge is 0.0437 e. The van der Waals surface area contributed by atoms with Crippen molar-refractivity contribution in [3.8, 4) is 0 Å². The summed E-state index contributed by atoms with van der Waals surface area (Å²) >= 11 is 6.17. The van der Waals surface area contributed by atoms with E-state index in [2.05, 4.69) is 44.3 Å². The minimum Gasteiger partial charge on any atom is -0.385 e. The number of hydrogen-bond acceptors (Lipinski definition) is 1. The Morgan fingerprint density at radius 2 is 1.65 bits per heavy atom. The van der Waals surface area contributed by atoms with Crippen molar-refractivity contribution in [2.45, 2.75) is 33.6 Å². The molecule has 0 bridgehead atoms. The lowest BCUT2D eigenvalue weighted by molar-refractivity contribution is 0.861. The van der Waals surface area contributed by atoms with Gasteiger partial charge < -0.3 is 5.32 Å². The Morgan fingerprint density at radius 1 is 1.00 bits per heavy atom. The van der Waals surface area contributed by atoms with Gasteiger partial charge in [0.25, 0.3) is 0 Å². The van der Waals surface area contributed by atoms with Gasteiger partial charge in [-0.05, 0) is 56.4 Å². The third-order valence-electron chi connectivity index (χ3n) is 3.56. The van der Waals surface area contributed by atoms with Crippen LogP contribution < -0.4 is 5.32 Å². The van der Waals surface area contributed by atoms with Gasteiger partial charge >= 0.3 is 0 Å². The van der Waals surface area contributed by atoms with Crippen LogP contribution >= 0.6 is 11.6 Å². The third kappa shape index (κ3) is 3.77. The largest absolute Gasteiger partial charge is 0.385 e. The molecule has 0 radical (unpaired) electrons. The van der Waals surface area contributed by atoms with E-state index in [4.69, 9.17) is 11.6 Å². The van der Waals surface area contributed by atoms with Gasteiger partial charge in [-0.1, -0.05) is 47.5 Å². The summed E-state index contributed by atoms with van der Waals surface area (Å²) in [7, 11) is 0. The molecule has 2 aromatic rings. The highest BCUT2D eigenvalue weighted by Crippen LogP contribution is 2.22. The second kappa shape index (κ2) is 6.81. The van der Waals surface area contributed by atoms with Crippen LogP contribution in [0.3, 0.4) is 0 Å². The van der Waals surface area contributed by atoms with Gasteiger partial charge in [0.1, 0.15) is 0 Å². The number of aryl methyl sites for hydroxylation is 4. The van der Waals surface area contributed by atoms with E-state index in [1.807, 2.05) is 18.2 Å². The van der Waals surface area contributed by atoms with Gasteiger partial charge in [-0.15, -0.1) is 0 Å². The zero-order chi connectivity index (χ0) is 14.5. The Labute approximate surface area is 127 Å². The van der Waals surface area contributed by atoms with Gasteiger partial charge in [-0.3, -0.25) is 0 Å². The predicted molar refractivity (Wildman–Crippen MR) is 88.9 cm³/mol. The van der Waals surface area contributed by atoms with Crippen LogP contribution in [0.4, 0.5) is 5.69 Å². The standard InChI is InChI=1S/C18H22ClN/c1-13-11-14(2)18(15(3)12-13)20-10-6-8-16-7-4-5-9-17(16)19/h4-5,7,9,11-12,20H,6,8,10H2,1-3H3. The van der Waals surface area contributed by atoms with Crippen molar-refractivity contribution in [1.82, 2.24) is 0 Å². The Hall–Kier alpha value is -1.47. The van der Waals surface area contributed by atoms with Gasteiger partial charge in [0.05, 0.1) is 0 Å². The van der Waals surface area contributed by atoms with Crippen molar-refractivity contribution in [3.05, 3.63) is 63.7 Å².